The number of benzene rings is 1. The molecule has 0 amide bonds. The minimum atomic E-state index is 0.563. The van der Waals surface area contributed by atoms with Crippen LogP contribution in [0.3, 0.4) is 0 Å². The third-order valence-electron chi connectivity index (χ3n) is 4.98. The molecule has 2 heterocycles. The van der Waals surface area contributed by atoms with E-state index in [4.69, 9.17) is 9.52 Å². The van der Waals surface area contributed by atoms with E-state index in [-0.39, 0.29) is 0 Å². The topological polar surface area (TPSA) is 80.3 Å². The molecule has 0 aliphatic heterocycles. The van der Waals surface area contributed by atoms with Crippen molar-refractivity contribution >= 4 is 5.96 Å². The van der Waals surface area contributed by atoms with Gasteiger partial charge in [-0.3, -0.25) is 0 Å². The number of imidazole rings is 1. The third kappa shape index (κ3) is 5.72. The van der Waals surface area contributed by atoms with E-state index in [1.54, 1.807) is 0 Å². The maximum absolute atomic E-state index is 5.45. The molecule has 3 aromatic rings. The summed E-state index contributed by atoms with van der Waals surface area (Å²) in [5.41, 5.74) is 3.37. The zero-order valence-electron chi connectivity index (χ0n) is 18.2. The molecule has 2 N–H and O–H groups in total. The first-order valence-corrected chi connectivity index (χ1v) is 10.8. The van der Waals surface area contributed by atoms with Gasteiger partial charge in [-0.15, -0.1) is 0 Å². The van der Waals surface area contributed by atoms with E-state index in [0.717, 1.165) is 67.7 Å². The zero-order chi connectivity index (χ0) is 21.2. The van der Waals surface area contributed by atoms with E-state index in [0.29, 0.717) is 6.54 Å². The molecule has 0 atom stereocenters. The molecule has 3 rings (SSSR count). The van der Waals surface area contributed by atoms with E-state index in [1.165, 1.54) is 5.56 Å². The average Bonchev–Trinajstić information content (AvgIpc) is 3.38. The average molecular weight is 409 g/mol. The lowest BCUT2D eigenvalue weighted by Gasteiger charge is -2.12. The van der Waals surface area contributed by atoms with Crippen molar-refractivity contribution in [3.05, 3.63) is 71.1 Å². The van der Waals surface area contributed by atoms with Crippen molar-refractivity contribution in [1.29, 1.82) is 0 Å². The van der Waals surface area contributed by atoms with Gasteiger partial charge in [0.25, 0.3) is 0 Å². The molecule has 0 radical (unpaired) electrons. The second kappa shape index (κ2) is 11.2. The fourth-order valence-corrected chi connectivity index (χ4v) is 3.40. The summed E-state index contributed by atoms with van der Waals surface area (Å²) in [4.78, 5) is 9.28. The van der Waals surface area contributed by atoms with Crippen LogP contribution in [0.15, 0.2) is 52.2 Å². The van der Waals surface area contributed by atoms with Crippen LogP contribution in [0.5, 0.6) is 0 Å². The first-order chi connectivity index (χ1) is 14.7. The number of hydrogen-bond acceptors (Lipinski definition) is 4. The first-order valence-electron chi connectivity index (χ1n) is 10.8. The highest BCUT2D eigenvalue weighted by Crippen LogP contribution is 2.16. The van der Waals surface area contributed by atoms with Gasteiger partial charge in [0.1, 0.15) is 11.6 Å². The molecular weight excluding hydrogens is 376 g/mol. The Labute approximate surface area is 178 Å². The van der Waals surface area contributed by atoms with Gasteiger partial charge in [-0.05, 0) is 18.9 Å². The van der Waals surface area contributed by atoms with Crippen LogP contribution in [0.25, 0.3) is 0 Å². The summed E-state index contributed by atoms with van der Waals surface area (Å²) in [6.45, 7) is 9.19. The molecule has 2 aromatic heterocycles. The molecule has 160 valence electrons. The standard InChI is InChI=1S/C23H32N6O/c1-4-20-19(21(5-2)30-28-20)16-27-23(24-6-3)26-13-12-22-25-14-15-29(22)17-18-10-8-7-9-11-18/h7-11,14-15H,4-6,12-13,16-17H2,1-3H3,(H2,24,26,27). The van der Waals surface area contributed by atoms with E-state index in [1.807, 2.05) is 18.5 Å². The third-order valence-corrected chi connectivity index (χ3v) is 4.98. The highest BCUT2D eigenvalue weighted by atomic mass is 16.5. The number of rotatable bonds is 10. The van der Waals surface area contributed by atoms with Gasteiger partial charge in [-0.2, -0.15) is 0 Å². The highest BCUT2D eigenvalue weighted by molar-refractivity contribution is 5.79. The number of hydrogen-bond donors (Lipinski definition) is 2. The highest BCUT2D eigenvalue weighted by Gasteiger charge is 2.13. The molecule has 0 unspecified atom stereocenters. The summed E-state index contributed by atoms with van der Waals surface area (Å²) in [5.74, 6) is 2.78. The zero-order valence-corrected chi connectivity index (χ0v) is 18.2. The minimum Gasteiger partial charge on any atom is -0.361 e. The van der Waals surface area contributed by atoms with Gasteiger partial charge in [0, 0.05) is 50.4 Å². The molecule has 0 aliphatic carbocycles. The molecule has 0 bridgehead atoms. The van der Waals surface area contributed by atoms with Crippen molar-refractivity contribution in [2.24, 2.45) is 4.99 Å². The van der Waals surface area contributed by atoms with Crippen LogP contribution in [-0.4, -0.2) is 33.8 Å². The van der Waals surface area contributed by atoms with Crippen LogP contribution >= 0.6 is 0 Å². The van der Waals surface area contributed by atoms with Crippen LogP contribution in [0.4, 0.5) is 0 Å². The summed E-state index contributed by atoms with van der Waals surface area (Å²) in [6.07, 6.45) is 6.39. The molecule has 0 fully saturated rings. The Morgan fingerprint density at radius 3 is 2.67 bits per heavy atom. The van der Waals surface area contributed by atoms with Crippen molar-refractivity contribution < 1.29 is 4.52 Å². The van der Waals surface area contributed by atoms with Gasteiger partial charge in [-0.25, -0.2) is 9.98 Å². The largest absolute Gasteiger partial charge is 0.361 e. The molecule has 7 heteroatoms. The Bertz CT molecular complexity index is 907. The molecule has 0 saturated carbocycles. The van der Waals surface area contributed by atoms with Gasteiger partial charge < -0.3 is 19.7 Å². The molecule has 0 saturated heterocycles. The predicted octanol–water partition coefficient (Wildman–Crippen LogP) is 3.34. The Hall–Kier alpha value is -3.09. The summed E-state index contributed by atoms with van der Waals surface area (Å²) in [5, 5.41) is 10.9. The quantitative estimate of drug-likeness (QED) is 0.397. The lowest BCUT2D eigenvalue weighted by molar-refractivity contribution is 0.380. The Balaban J connectivity index is 1.59. The van der Waals surface area contributed by atoms with Crippen molar-refractivity contribution in [1.82, 2.24) is 25.3 Å². The van der Waals surface area contributed by atoms with Gasteiger partial charge >= 0.3 is 0 Å². The van der Waals surface area contributed by atoms with Crippen LogP contribution in [-0.2, 0) is 32.4 Å². The number of nitrogens with zero attached hydrogens (tertiary/aromatic N) is 4. The lowest BCUT2D eigenvalue weighted by Crippen LogP contribution is -2.38. The SMILES string of the molecule is CCNC(=NCc1c(CC)noc1CC)NCCc1nccn1Cc1ccccc1. The van der Waals surface area contributed by atoms with Crippen LogP contribution in [0, 0.1) is 0 Å². The van der Waals surface area contributed by atoms with Gasteiger partial charge in [0.15, 0.2) is 5.96 Å². The second-order valence-corrected chi connectivity index (χ2v) is 7.07. The van der Waals surface area contributed by atoms with Crippen molar-refractivity contribution in [2.75, 3.05) is 13.1 Å². The van der Waals surface area contributed by atoms with E-state index in [2.05, 4.69) is 70.4 Å². The normalized spacial score (nSPS) is 11.6. The van der Waals surface area contributed by atoms with Crippen LogP contribution < -0.4 is 10.6 Å². The molecule has 0 spiro atoms. The summed E-state index contributed by atoms with van der Waals surface area (Å²) in [7, 11) is 0. The van der Waals surface area contributed by atoms with E-state index >= 15 is 0 Å². The lowest BCUT2D eigenvalue weighted by atomic mass is 10.1. The van der Waals surface area contributed by atoms with Crippen LogP contribution in [0.1, 0.15) is 49.2 Å². The molecule has 1 aromatic carbocycles. The molecular formula is C23H32N6O. The number of aryl methyl sites for hydroxylation is 2. The molecule has 7 nitrogen and oxygen atoms in total. The number of aliphatic imine (C=N–C) groups is 1. The van der Waals surface area contributed by atoms with Crippen molar-refractivity contribution in [2.45, 2.75) is 53.1 Å². The molecule has 0 aliphatic rings. The van der Waals surface area contributed by atoms with E-state index in [9.17, 15) is 0 Å². The minimum absolute atomic E-state index is 0.563. The Kier molecular flexibility index (Phi) is 8.06. The number of aromatic nitrogens is 3. The molecule has 30 heavy (non-hydrogen) atoms. The summed E-state index contributed by atoms with van der Waals surface area (Å²) in [6, 6.07) is 10.4. The van der Waals surface area contributed by atoms with Gasteiger partial charge in [-0.1, -0.05) is 49.3 Å². The maximum atomic E-state index is 5.45. The predicted molar refractivity (Wildman–Crippen MR) is 120 cm³/mol. The summed E-state index contributed by atoms with van der Waals surface area (Å²) >= 11 is 0. The Morgan fingerprint density at radius 1 is 1.10 bits per heavy atom. The monoisotopic (exact) mass is 408 g/mol. The van der Waals surface area contributed by atoms with E-state index < -0.39 is 0 Å². The van der Waals surface area contributed by atoms with Crippen molar-refractivity contribution in [3.63, 3.8) is 0 Å². The van der Waals surface area contributed by atoms with Gasteiger partial charge in [0.2, 0.25) is 0 Å². The fourth-order valence-electron chi connectivity index (χ4n) is 3.40. The van der Waals surface area contributed by atoms with Crippen molar-refractivity contribution in [3.8, 4) is 0 Å². The summed E-state index contributed by atoms with van der Waals surface area (Å²) < 4.78 is 7.64. The second-order valence-electron chi connectivity index (χ2n) is 7.07. The van der Waals surface area contributed by atoms with Gasteiger partial charge in [0.05, 0.1) is 12.2 Å². The Morgan fingerprint density at radius 2 is 1.93 bits per heavy atom. The number of guanidine groups is 1. The van der Waals surface area contributed by atoms with Crippen LogP contribution in [0.2, 0.25) is 0 Å². The number of nitrogens with one attached hydrogen (secondary N) is 2. The smallest absolute Gasteiger partial charge is 0.191 e. The first kappa shape index (κ1) is 21.6. The fraction of sp³-hybridized carbons (Fsp3) is 0.435. The maximum Gasteiger partial charge on any atom is 0.191 e.